The summed E-state index contributed by atoms with van der Waals surface area (Å²) in [6.07, 6.45) is 0.186. The second kappa shape index (κ2) is 16.7. The van der Waals surface area contributed by atoms with Crippen molar-refractivity contribution in [3.05, 3.63) is 84.7 Å². The van der Waals surface area contributed by atoms with Crippen molar-refractivity contribution in [2.45, 2.75) is 61.8 Å². The first kappa shape index (κ1) is 40.6. The van der Waals surface area contributed by atoms with Crippen LogP contribution in [0.1, 0.15) is 58.1 Å². The van der Waals surface area contributed by atoms with Crippen molar-refractivity contribution in [3.63, 3.8) is 0 Å². The van der Waals surface area contributed by atoms with Crippen LogP contribution in [0.3, 0.4) is 0 Å². The average Bonchev–Trinajstić information content (AvgIpc) is 3.67. The van der Waals surface area contributed by atoms with Crippen LogP contribution in [0.4, 0.5) is 34.6 Å². The van der Waals surface area contributed by atoms with Crippen molar-refractivity contribution in [1.82, 2.24) is 0 Å². The third-order valence-electron chi connectivity index (χ3n) is 10.9. The summed E-state index contributed by atoms with van der Waals surface area (Å²) in [7, 11) is 0. The lowest BCUT2D eigenvalue weighted by Gasteiger charge is -2.44. The molecular weight excluding hydrogens is 922 g/mol. The van der Waals surface area contributed by atoms with Gasteiger partial charge in [0.2, 0.25) is 5.78 Å². The van der Waals surface area contributed by atoms with Crippen LogP contribution in [-0.2, 0) is 14.2 Å². The molecule has 296 valence electrons. The monoisotopic (exact) mass is 959 g/mol. The first-order valence-corrected chi connectivity index (χ1v) is 20.6. The van der Waals surface area contributed by atoms with Crippen LogP contribution in [0.25, 0.3) is 0 Å². The van der Waals surface area contributed by atoms with Gasteiger partial charge in [-0.1, -0.05) is 53.9 Å². The maximum absolute atomic E-state index is 14.3. The number of rotatable bonds is 0. The lowest BCUT2D eigenvalue weighted by atomic mass is 9.88. The Balaban J connectivity index is 0.000000127. The van der Waals surface area contributed by atoms with Gasteiger partial charge in [0.05, 0.1) is 25.9 Å². The molecule has 9 nitrogen and oxygen atoms in total. The summed E-state index contributed by atoms with van der Waals surface area (Å²) in [6, 6.07) is 13.9. The Bertz CT molecular complexity index is 1920. The fourth-order valence-corrected chi connectivity index (χ4v) is 9.25. The van der Waals surface area contributed by atoms with Crippen molar-refractivity contribution in [1.29, 1.82) is 0 Å². The summed E-state index contributed by atoms with van der Waals surface area (Å²) in [5.41, 5.74) is 3.53. The minimum atomic E-state index is -3.35. The number of aliphatic hydroxyl groups excluding tert-OH is 1. The van der Waals surface area contributed by atoms with Gasteiger partial charge in [-0.05, 0) is 67.8 Å². The van der Waals surface area contributed by atoms with Gasteiger partial charge in [-0.15, -0.1) is 0 Å². The summed E-state index contributed by atoms with van der Waals surface area (Å²) < 4.78 is 75.8. The van der Waals surface area contributed by atoms with E-state index in [9.17, 15) is 32.3 Å². The third-order valence-corrected chi connectivity index (χ3v) is 12.4. The Morgan fingerprint density at radius 2 is 1.11 bits per heavy atom. The number of halogens is 7. The van der Waals surface area contributed by atoms with Crippen molar-refractivity contribution < 1.29 is 46.5 Å². The highest BCUT2D eigenvalue weighted by molar-refractivity contribution is 9.11. The Labute approximate surface area is 341 Å². The molecule has 3 fully saturated rings. The van der Waals surface area contributed by atoms with E-state index < -0.39 is 35.8 Å². The molecule has 0 aromatic heterocycles. The number of benzene rings is 3. The molecule has 4 atom stereocenters. The van der Waals surface area contributed by atoms with E-state index in [0.717, 1.165) is 50.8 Å². The van der Waals surface area contributed by atoms with E-state index >= 15 is 0 Å². The fraction of sp³-hybridized carbons (Fsp3) is 0.487. The highest BCUT2D eigenvalue weighted by atomic mass is 79.9. The van der Waals surface area contributed by atoms with Gasteiger partial charge in [-0.25, -0.2) is 8.78 Å². The predicted molar refractivity (Wildman–Crippen MR) is 210 cm³/mol. The van der Waals surface area contributed by atoms with Gasteiger partial charge in [0, 0.05) is 99.1 Å². The zero-order chi connectivity index (χ0) is 39.1. The van der Waals surface area contributed by atoms with Crippen LogP contribution in [0.2, 0.25) is 0 Å². The molecule has 6 aliphatic heterocycles. The van der Waals surface area contributed by atoms with E-state index in [1.165, 1.54) is 6.07 Å². The molecule has 6 aliphatic rings. The van der Waals surface area contributed by atoms with Crippen molar-refractivity contribution in [3.8, 4) is 0 Å². The van der Waals surface area contributed by atoms with Crippen molar-refractivity contribution >= 4 is 76.4 Å². The number of fused-ring (bicyclic) bond motifs is 9. The molecule has 0 radical (unpaired) electrons. The molecule has 16 heteroatoms. The topological polar surface area (TPSA) is 91.8 Å². The number of hydrogen-bond donors (Lipinski definition) is 1. The van der Waals surface area contributed by atoms with Gasteiger partial charge >= 0.3 is 5.92 Å². The van der Waals surface area contributed by atoms with Crippen LogP contribution in [-0.4, -0.2) is 106 Å². The number of ether oxygens (including phenoxy) is 3. The van der Waals surface area contributed by atoms with Gasteiger partial charge < -0.3 is 34.0 Å². The summed E-state index contributed by atoms with van der Waals surface area (Å²) >= 11 is 10.1. The van der Waals surface area contributed by atoms with Crippen LogP contribution in [0, 0.1) is 0 Å². The van der Waals surface area contributed by atoms with Crippen molar-refractivity contribution in [2.24, 2.45) is 0 Å². The average molecular weight is 962 g/mol. The predicted octanol–water partition coefficient (Wildman–Crippen LogP) is 8.23. The lowest BCUT2D eigenvalue weighted by molar-refractivity contribution is -0.134. The van der Waals surface area contributed by atoms with Crippen LogP contribution in [0.15, 0.2) is 68.0 Å². The number of Topliss-reactive ketones (excluding diaryl/α,β-unsaturated/α-hetero) is 2. The highest BCUT2D eigenvalue weighted by Crippen LogP contribution is 2.48. The number of anilines is 3. The normalized spacial score (nSPS) is 26.4. The number of hydrogen-bond acceptors (Lipinski definition) is 9. The Morgan fingerprint density at radius 3 is 1.75 bits per heavy atom. The van der Waals surface area contributed by atoms with E-state index in [4.69, 9.17) is 14.2 Å². The molecule has 3 aromatic rings. The first-order valence-electron chi connectivity index (χ1n) is 18.2. The number of aliphatic hydroxyl groups is 1. The maximum Gasteiger partial charge on any atom is 0.329 e. The molecule has 3 saturated heterocycles. The number of alkyl halides is 4. The first-order chi connectivity index (χ1) is 26.3. The number of ketones is 2. The quantitative estimate of drug-likeness (QED) is 0.224. The fourth-order valence-electron chi connectivity index (χ4n) is 8.20. The van der Waals surface area contributed by atoms with E-state index in [2.05, 4.69) is 52.7 Å². The molecule has 0 spiro atoms. The maximum atomic E-state index is 14.3. The number of carbonyl (C=O) groups excluding carboxylic acids is 2. The zero-order valence-corrected chi connectivity index (χ0v) is 34.4. The molecule has 6 heterocycles. The summed E-state index contributed by atoms with van der Waals surface area (Å²) in [5.74, 6) is -7.34. The van der Waals surface area contributed by atoms with Gasteiger partial charge in [-0.3, -0.25) is 9.59 Å². The standard InChI is InChI=1S/C13H14BrF2NO2.C13H12BrF2NO2.C13H14BrNO2/c2*14-8-1-2-9-10(7-8)17-4-6-19-5-3-11(17)13(15,16)12(9)18;14-9-1-2-11-12(7-9)15-4-6-17-5-3-10(15)8-13(11)16/h1-2,7,11-12,18H,3-6H2;1-2,7,11H,3-6H2;1-2,7,10H,3-6,8H2. The SMILES string of the molecule is O=C1CC2CCOCCN2c2cc(Br)ccc21.O=C1c2ccc(Br)cc2N2CCOCCC2C1(F)F.OC1c2ccc(Br)cc2N2CCOCCC2C1(F)F. The minimum absolute atomic E-state index is 0.0892. The van der Waals surface area contributed by atoms with E-state index in [0.29, 0.717) is 56.7 Å². The Morgan fingerprint density at radius 1 is 0.618 bits per heavy atom. The van der Waals surface area contributed by atoms with E-state index in [1.807, 2.05) is 18.2 Å². The lowest BCUT2D eigenvalue weighted by Crippen LogP contribution is -2.56. The molecule has 4 unspecified atom stereocenters. The third kappa shape index (κ3) is 8.11. The van der Waals surface area contributed by atoms with Crippen LogP contribution in [0.5, 0.6) is 0 Å². The molecule has 0 saturated carbocycles. The molecule has 3 aromatic carbocycles. The Hall–Kier alpha value is -2.60. The Kier molecular flexibility index (Phi) is 12.3. The second-order valence-corrected chi connectivity index (χ2v) is 16.9. The van der Waals surface area contributed by atoms with E-state index in [1.54, 1.807) is 40.1 Å². The largest absolute Gasteiger partial charge is 0.382 e. The number of nitrogens with zero attached hydrogens (tertiary/aromatic N) is 3. The number of carbonyl (C=O) groups is 2. The molecule has 0 aliphatic carbocycles. The molecule has 0 bridgehead atoms. The highest BCUT2D eigenvalue weighted by Gasteiger charge is 2.56. The van der Waals surface area contributed by atoms with Crippen LogP contribution < -0.4 is 14.7 Å². The van der Waals surface area contributed by atoms with Crippen LogP contribution >= 0.6 is 47.8 Å². The molecular formula is C39H40Br3F4N3O6. The molecule has 9 rings (SSSR count). The van der Waals surface area contributed by atoms with Gasteiger partial charge in [-0.2, -0.15) is 8.78 Å². The molecule has 1 N–H and O–H groups in total. The van der Waals surface area contributed by atoms with Gasteiger partial charge in [0.15, 0.2) is 5.78 Å². The summed E-state index contributed by atoms with van der Waals surface area (Å²) in [4.78, 5) is 29.7. The summed E-state index contributed by atoms with van der Waals surface area (Å²) in [5, 5.41) is 9.98. The zero-order valence-electron chi connectivity index (χ0n) is 29.7. The molecule has 55 heavy (non-hydrogen) atoms. The molecule has 0 amide bonds. The smallest absolute Gasteiger partial charge is 0.329 e. The summed E-state index contributed by atoms with van der Waals surface area (Å²) in [6.45, 7) is 4.55. The minimum Gasteiger partial charge on any atom is -0.382 e. The van der Waals surface area contributed by atoms with Crippen molar-refractivity contribution in [2.75, 3.05) is 74.0 Å². The second-order valence-electron chi connectivity index (χ2n) is 14.2. The van der Waals surface area contributed by atoms with Gasteiger partial charge in [0.25, 0.3) is 5.92 Å². The van der Waals surface area contributed by atoms with Gasteiger partial charge in [0.1, 0.15) is 12.1 Å². The van der Waals surface area contributed by atoms with E-state index in [-0.39, 0.29) is 36.4 Å².